The lowest BCUT2D eigenvalue weighted by atomic mass is 9.84. The number of carbonyl (C=O) groups excluding carboxylic acids is 3. The van der Waals surface area contributed by atoms with E-state index in [9.17, 15) is 19.5 Å². The number of hydrogen-bond donors (Lipinski definition) is 1. The van der Waals surface area contributed by atoms with Crippen molar-refractivity contribution in [2.75, 3.05) is 12.0 Å². The number of anilines is 1. The van der Waals surface area contributed by atoms with Gasteiger partial charge in [0, 0.05) is 11.3 Å². The summed E-state index contributed by atoms with van der Waals surface area (Å²) in [6.45, 7) is 10.2. The molecule has 1 fully saturated rings. The molecule has 0 aromatic heterocycles. The van der Waals surface area contributed by atoms with Gasteiger partial charge in [0.1, 0.15) is 5.76 Å². The van der Waals surface area contributed by atoms with E-state index in [4.69, 9.17) is 4.74 Å². The maximum absolute atomic E-state index is 13.5. The number of nitrogens with zero attached hydrogens (tertiary/aromatic N) is 1. The molecule has 6 nitrogen and oxygen atoms in total. The Morgan fingerprint density at radius 2 is 1.61 bits per heavy atom. The number of benzene rings is 3. The van der Waals surface area contributed by atoms with E-state index in [-0.39, 0.29) is 16.7 Å². The molecule has 1 N–H and O–H groups in total. The van der Waals surface area contributed by atoms with Crippen LogP contribution in [0.4, 0.5) is 5.69 Å². The van der Waals surface area contributed by atoms with Crippen molar-refractivity contribution in [1.29, 1.82) is 0 Å². The fourth-order valence-corrected chi connectivity index (χ4v) is 4.71. The summed E-state index contributed by atoms with van der Waals surface area (Å²) in [5.74, 6) is -2.21. The maximum atomic E-state index is 13.5. The van der Waals surface area contributed by atoms with Gasteiger partial charge in [-0.3, -0.25) is 14.5 Å². The van der Waals surface area contributed by atoms with E-state index in [1.165, 1.54) is 12.0 Å². The highest BCUT2D eigenvalue weighted by atomic mass is 16.5. The zero-order chi connectivity index (χ0) is 27.8. The second-order valence-electron chi connectivity index (χ2n) is 10.6. The van der Waals surface area contributed by atoms with Crippen LogP contribution in [-0.2, 0) is 26.2 Å². The summed E-state index contributed by atoms with van der Waals surface area (Å²) >= 11 is 0. The lowest BCUT2D eigenvalue weighted by Gasteiger charge is -2.26. The summed E-state index contributed by atoms with van der Waals surface area (Å²) in [6, 6.07) is 19.0. The third-order valence-electron chi connectivity index (χ3n) is 7.07. The van der Waals surface area contributed by atoms with E-state index >= 15 is 0 Å². The number of rotatable bonds is 5. The molecule has 1 aliphatic rings. The van der Waals surface area contributed by atoms with Crippen LogP contribution in [0.3, 0.4) is 0 Å². The average Bonchev–Trinajstić information content (AvgIpc) is 3.17. The Kier molecular flexibility index (Phi) is 7.27. The number of carbonyl (C=O) groups is 3. The minimum atomic E-state index is -0.845. The Labute approximate surface area is 223 Å². The van der Waals surface area contributed by atoms with Gasteiger partial charge in [-0.25, -0.2) is 4.79 Å². The van der Waals surface area contributed by atoms with Crippen molar-refractivity contribution in [3.63, 3.8) is 0 Å². The second-order valence-corrected chi connectivity index (χ2v) is 10.6. The first-order valence-corrected chi connectivity index (χ1v) is 12.7. The maximum Gasteiger partial charge on any atom is 0.337 e. The SMILES string of the molecule is CCc1ccc(C2/C(=C(\O)c3cc(C(C)(C)C)ccc3C)C(=O)C(=O)N2c2ccc(C(=O)OC)cc2)cc1. The first-order valence-electron chi connectivity index (χ1n) is 12.7. The smallest absolute Gasteiger partial charge is 0.337 e. The minimum absolute atomic E-state index is 0.0328. The van der Waals surface area contributed by atoms with E-state index in [1.54, 1.807) is 24.3 Å². The molecule has 0 bridgehead atoms. The van der Waals surface area contributed by atoms with Gasteiger partial charge in [-0.1, -0.05) is 64.1 Å². The number of aliphatic hydroxyl groups excluding tert-OH is 1. The van der Waals surface area contributed by atoms with Gasteiger partial charge in [0.05, 0.1) is 24.3 Å². The third-order valence-corrected chi connectivity index (χ3v) is 7.07. The van der Waals surface area contributed by atoms with Crippen molar-refractivity contribution in [2.24, 2.45) is 0 Å². The standard InChI is InChI=1S/C32H33NO5/c1-7-20-9-11-21(12-10-20)27-26(28(34)25-18-23(32(3,4)5)15-8-19(25)2)29(35)30(36)33(27)24-16-13-22(14-17-24)31(37)38-6/h8-18,27,34H,7H2,1-6H3/b28-26+. The highest BCUT2D eigenvalue weighted by molar-refractivity contribution is 6.51. The lowest BCUT2D eigenvalue weighted by Crippen LogP contribution is -2.29. The highest BCUT2D eigenvalue weighted by Crippen LogP contribution is 2.43. The largest absolute Gasteiger partial charge is 0.507 e. The second kappa shape index (κ2) is 10.3. The van der Waals surface area contributed by atoms with Crippen LogP contribution in [0.1, 0.15) is 71.9 Å². The molecular weight excluding hydrogens is 478 g/mol. The average molecular weight is 512 g/mol. The topological polar surface area (TPSA) is 83.9 Å². The molecule has 1 aliphatic heterocycles. The van der Waals surface area contributed by atoms with Gasteiger partial charge >= 0.3 is 5.97 Å². The number of Topliss-reactive ketones (excluding diaryl/α,β-unsaturated/α-hetero) is 1. The Morgan fingerprint density at radius 3 is 2.16 bits per heavy atom. The van der Waals surface area contributed by atoms with Gasteiger partial charge < -0.3 is 9.84 Å². The molecule has 1 unspecified atom stereocenters. The number of ketones is 1. The number of methoxy groups -OCH3 is 1. The van der Waals surface area contributed by atoms with Crippen LogP contribution in [-0.4, -0.2) is 29.9 Å². The zero-order valence-electron chi connectivity index (χ0n) is 22.7. The van der Waals surface area contributed by atoms with Crippen LogP contribution in [0.25, 0.3) is 5.76 Å². The minimum Gasteiger partial charge on any atom is -0.507 e. The van der Waals surface area contributed by atoms with Crippen molar-refractivity contribution >= 4 is 29.1 Å². The summed E-state index contributed by atoms with van der Waals surface area (Å²) in [5, 5.41) is 11.6. The van der Waals surface area contributed by atoms with Gasteiger partial charge in [-0.2, -0.15) is 0 Å². The molecular formula is C32H33NO5. The normalized spacial score (nSPS) is 17.1. The molecule has 38 heavy (non-hydrogen) atoms. The molecule has 1 heterocycles. The van der Waals surface area contributed by atoms with Crippen molar-refractivity contribution in [3.8, 4) is 0 Å². The molecule has 196 valence electrons. The molecule has 0 radical (unpaired) electrons. The summed E-state index contributed by atoms with van der Waals surface area (Å²) in [6.07, 6.45) is 0.842. The van der Waals surface area contributed by atoms with E-state index in [1.807, 2.05) is 49.4 Å². The van der Waals surface area contributed by atoms with Gasteiger partial charge in [0.2, 0.25) is 0 Å². The van der Waals surface area contributed by atoms with Crippen LogP contribution in [0, 0.1) is 6.92 Å². The van der Waals surface area contributed by atoms with Gasteiger partial charge in [-0.15, -0.1) is 0 Å². The van der Waals surface area contributed by atoms with E-state index in [0.29, 0.717) is 22.4 Å². The highest BCUT2D eigenvalue weighted by Gasteiger charge is 2.47. The Morgan fingerprint density at radius 1 is 0.974 bits per heavy atom. The molecule has 4 rings (SSSR count). The van der Waals surface area contributed by atoms with Crippen LogP contribution in [0.5, 0.6) is 0 Å². The molecule has 3 aromatic rings. The third kappa shape index (κ3) is 4.86. The fraction of sp³-hybridized carbons (Fsp3) is 0.281. The molecule has 1 atom stereocenters. The van der Waals surface area contributed by atoms with Crippen molar-refractivity contribution < 1.29 is 24.2 Å². The van der Waals surface area contributed by atoms with Crippen molar-refractivity contribution in [1.82, 2.24) is 0 Å². The number of aryl methyl sites for hydroxylation is 2. The first-order chi connectivity index (χ1) is 18.0. The quantitative estimate of drug-likeness (QED) is 0.189. The molecule has 1 saturated heterocycles. The van der Waals surface area contributed by atoms with Crippen LogP contribution in [0.2, 0.25) is 0 Å². The molecule has 6 heteroatoms. The number of ether oxygens (including phenoxy) is 1. The monoisotopic (exact) mass is 511 g/mol. The number of esters is 1. The number of amides is 1. The molecule has 0 saturated carbocycles. The van der Waals surface area contributed by atoms with Crippen LogP contribution >= 0.6 is 0 Å². The van der Waals surface area contributed by atoms with Crippen LogP contribution < -0.4 is 4.90 Å². The summed E-state index contributed by atoms with van der Waals surface area (Å²) in [7, 11) is 1.30. The van der Waals surface area contributed by atoms with Crippen molar-refractivity contribution in [2.45, 2.75) is 52.5 Å². The predicted octanol–water partition coefficient (Wildman–Crippen LogP) is 6.27. The Hall–Kier alpha value is -4.19. The van der Waals surface area contributed by atoms with E-state index < -0.39 is 23.7 Å². The molecule has 1 amide bonds. The van der Waals surface area contributed by atoms with Gasteiger partial charge in [0.25, 0.3) is 11.7 Å². The molecule has 0 spiro atoms. The molecule has 3 aromatic carbocycles. The Balaban J connectivity index is 1.93. The summed E-state index contributed by atoms with van der Waals surface area (Å²) < 4.78 is 4.78. The first kappa shape index (κ1) is 26.9. The predicted molar refractivity (Wildman–Crippen MR) is 148 cm³/mol. The van der Waals surface area contributed by atoms with Gasteiger partial charge in [0.15, 0.2) is 0 Å². The fourth-order valence-electron chi connectivity index (χ4n) is 4.71. The van der Waals surface area contributed by atoms with Crippen molar-refractivity contribution in [3.05, 3.63) is 106 Å². The summed E-state index contributed by atoms with van der Waals surface area (Å²) in [5.41, 5.74) is 4.75. The lowest BCUT2D eigenvalue weighted by molar-refractivity contribution is -0.132. The van der Waals surface area contributed by atoms with E-state index in [0.717, 1.165) is 23.1 Å². The molecule has 0 aliphatic carbocycles. The van der Waals surface area contributed by atoms with E-state index in [2.05, 4.69) is 27.7 Å². The summed E-state index contributed by atoms with van der Waals surface area (Å²) in [4.78, 5) is 40.4. The van der Waals surface area contributed by atoms with Gasteiger partial charge in [-0.05, 0) is 71.3 Å². The number of aliphatic hydroxyl groups is 1. The van der Waals surface area contributed by atoms with Crippen LogP contribution in [0.15, 0.2) is 72.3 Å². The Bertz CT molecular complexity index is 1430. The number of hydrogen-bond acceptors (Lipinski definition) is 5. The zero-order valence-corrected chi connectivity index (χ0v) is 22.7.